The first kappa shape index (κ1) is 8.41. The van der Waals surface area contributed by atoms with E-state index in [-0.39, 0.29) is 5.78 Å². The summed E-state index contributed by atoms with van der Waals surface area (Å²) in [5.74, 6) is 0.556. The number of hydrogen-bond donors (Lipinski definition) is 0. The van der Waals surface area contributed by atoms with E-state index in [1.54, 1.807) is 6.92 Å². The highest BCUT2D eigenvalue weighted by atomic mass is 16.1. The molecule has 0 radical (unpaired) electrons. The van der Waals surface area contributed by atoms with Gasteiger partial charge in [-0.05, 0) is 25.3 Å². The van der Waals surface area contributed by atoms with Gasteiger partial charge in [0.2, 0.25) is 0 Å². The van der Waals surface area contributed by atoms with Gasteiger partial charge >= 0.3 is 0 Å². The maximum absolute atomic E-state index is 10.7. The Hall–Kier alpha value is -0.590. The number of ketones is 1. The molecule has 0 N–H and O–H groups in total. The zero-order valence-corrected chi connectivity index (χ0v) is 6.56. The highest BCUT2D eigenvalue weighted by Crippen LogP contribution is 2.09. The second kappa shape index (κ2) is 3.44. The number of rotatable bonds is 2. The van der Waals surface area contributed by atoms with Crippen LogP contribution in [-0.4, -0.2) is 5.78 Å². The van der Waals surface area contributed by atoms with Gasteiger partial charge in [-0.25, -0.2) is 0 Å². The first-order valence-corrected chi connectivity index (χ1v) is 3.26. The van der Waals surface area contributed by atoms with Crippen molar-refractivity contribution in [3.05, 3.63) is 11.6 Å². The van der Waals surface area contributed by atoms with Crippen LogP contribution in [0.15, 0.2) is 11.6 Å². The van der Waals surface area contributed by atoms with Gasteiger partial charge in [-0.3, -0.25) is 4.79 Å². The Morgan fingerprint density at radius 3 is 1.89 bits per heavy atom. The monoisotopic (exact) mass is 126 g/mol. The third-order valence-electron chi connectivity index (χ3n) is 1.34. The van der Waals surface area contributed by atoms with E-state index in [9.17, 15) is 4.79 Å². The van der Waals surface area contributed by atoms with Gasteiger partial charge in [0.25, 0.3) is 0 Å². The van der Waals surface area contributed by atoms with E-state index in [0.717, 1.165) is 5.57 Å². The first-order chi connectivity index (χ1) is 4.09. The fraction of sp³-hybridized carbons (Fsp3) is 0.625. The molecule has 9 heavy (non-hydrogen) atoms. The molecule has 1 heteroatoms. The van der Waals surface area contributed by atoms with Crippen LogP contribution in [0.3, 0.4) is 0 Å². The molecule has 0 heterocycles. The highest BCUT2D eigenvalue weighted by molar-refractivity contribution is 5.93. The van der Waals surface area contributed by atoms with Crippen LogP contribution in [0.25, 0.3) is 0 Å². The molecule has 52 valence electrons. The molecule has 0 atom stereocenters. The van der Waals surface area contributed by atoms with Crippen LogP contribution < -0.4 is 0 Å². The number of Topliss-reactive ketones (excluding diaryl/α,β-unsaturated/α-hetero) is 1. The summed E-state index contributed by atoms with van der Waals surface area (Å²) in [5.41, 5.74) is 0.926. The molecule has 0 aliphatic heterocycles. The lowest BCUT2D eigenvalue weighted by Gasteiger charge is -2.04. The van der Waals surface area contributed by atoms with E-state index in [2.05, 4.69) is 0 Å². The molecule has 0 aromatic rings. The van der Waals surface area contributed by atoms with E-state index >= 15 is 0 Å². The molecular weight excluding hydrogens is 112 g/mol. The molecule has 0 spiro atoms. The summed E-state index contributed by atoms with van der Waals surface area (Å²) >= 11 is 0. The van der Waals surface area contributed by atoms with Crippen LogP contribution in [0, 0.1) is 5.92 Å². The van der Waals surface area contributed by atoms with Crippen LogP contribution in [0.1, 0.15) is 27.7 Å². The summed E-state index contributed by atoms with van der Waals surface area (Å²) in [6.07, 6.45) is 1.88. The van der Waals surface area contributed by atoms with Crippen molar-refractivity contribution in [2.45, 2.75) is 27.7 Å². The van der Waals surface area contributed by atoms with Gasteiger partial charge in [-0.1, -0.05) is 19.9 Å². The van der Waals surface area contributed by atoms with Gasteiger partial charge in [0.05, 0.1) is 0 Å². The molecule has 0 unspecified atom stereocenters. The van der Waals surface area contributed by atoms with Crippen molar-refractivity contribution in [3.63, 3.8) is 0 Å². The smallest absolute Gasteiger partial charge is 0.155 e. The van der Waals surface area contributed by atoms with Crippen LogP contribution in [0.2, 0.25) is 0 Å². The van der Waals surface area contributed by atoms with Crippen LogP contribution in [0.4, 0.5) is 0 Å². The number of carbonyl (C=O) groups excluding carboxylic acids is 1. The Kier molecular flexibility index (Phi) is 3.21. The average Bonchev–Trinajstić information content (AvgIpc) is 1.64. The molecule has 0 aliphatic rings. The fourth-order valence-electron chi connectivity index (χ4n) is 0.943. The molecule has 0 bridgehead atoms. The van der Waals surface area contributed by atoms with E-state index < -0.39 is 0 Å². The van der Waals surface area contributed by atoms with E-state index in [1.807, 2.05) is 26.8 Å². The maximum Gasteiger partial charge on any atom is 0.155 e. The molecule has 0 fully saturated rings. The average molecular weight is 126 g/mol. The van der Waals surface area contributed by atoms with Gasteiger partial charge in [-0.15, -0.1) is 0 Å². The van der Waals surface area contributed by atoms with E-state index in [4.69, 9.17) is 0 Å². The molecule has 0 amide bonds. The minimum atomic E-state index is 0.188. The quantitative estimate of drug-likeness (QED) is 0.518. The number of allylic oxidation sites excluding steroid dienone is 2. The SMILES string of the molecule is C/C=C(\C(C)=O)C(C)C. The highest BCUT2D eigenvalue weighted by Gasteiger charge is 2.05. The Morgan fingerprint density at radius 2 is 1.89 bits per heavy atom. The molecule has 0 aromatic heterocycles. The first-order valence-electron chi connectivity index (χ1n) is 3.26. The van der Waals surface area contributed by atoms with Crippen molar-refractivity contribution >= 4 is 5.78 Å². The van der Waals surface area contributed by atoms with Gasteiger partial charge in [0.15, 0.2) is 5.78 Å². The zero-order chi connectivity index (χ0) is 7.44. The Bertz CT molecular complexity index is 132. The predicted octanol–water partition coefficient (Wildman–Crippen LogP) is 2.18. The van der Waals surface area contributed by atoms with Crippen molar-refractivity contribution in [2.75, 3.05) is 0 Å². The van der Waals surface area contributed by atoms with Gasteiger partial charge < -0.3 is 0 Å². The largest absolute Gasteiger partial charge is 0.295 e. The molecule has 0 aliphatic carbocycles. The van der Waals surface area contributed by atoms with Crippen molar-refractivity contribution < 1.29 is 4.79 Å². The van der Waals surface area contributed by atoms with Crippen molar-refractivity contribution in [3.8, 4) is 0 Å². The van der Waals surface area contributed by atoms with E-state index in [1.165, 1.54) is 0 Å². The van der Waals surface area contributed by atoms with Crippen molar-refractivity contribution in [1.29, 1.82) is 0 Å². The summed E-state index contributed by atoms with van der Waals surface area (Å²) < 4.78 is 0. The van der Waals surface area contributed by atoms with Crippen LogP contribution in [-0.2, 0) is 4.79 Å². The number of carbonyl (C=O) groups is 1. The van der Waals surface area contributed by atoms with E-state index in [0.29, 0.717) is 5.92 Å². The Morgan fingerprint density at radius 1 is 1.44 bits per heavy atom. The third-order valence-corrected chi connectivity index (χ3v) is 1.34. The fourth-order valence-corrected chi connectivity index (χ4v) is 0.943. The maximum atomic E-state index is 10.7. The molecule has 0 saturated heterocycles. The second-order valence-corrected chi connectivity index (χ2v) is 2.45. The second-order valence-electron chi connectivity index (χ2n) is 2.45. The summed E-state index contributed by atoms with van der Waals surface area (Å²) in [4.78, 5) is 10.7. The van der Waals surface area contributed by atoms with Crippen molar-refractivity contribution in [1.82, 2.24) is 0 Å². The topological polar surface area (TPSA) is 17.1 Å². The molecule has 0 saturated carbocycles. The molecule has 0 aromatic carbocycles. The summed E-state index contributed by atoms with van der Waals surface area (Å²) in [5, 5.41) is 0. The predicted molar refractivity (Wildman–Crippen MR) is 39.3 cm³/mol. The lowest BCUT2D eigenvalue weighted by molar-refractivity contribution is -0.114. The minimum Gasteiger partial charge on any atom is -0.295 e. The zero-order valence-electron chi connectivity index (χ0n) is 6.56. The summed E-state index contributed by atoms with van der Waals surface area (Å²) in [6.45, 7) is 7.56. The molecule has 0 rings (SSSR count). The Labute approximate surface area is 56.8 Å². The van der Waals surface area contributed by atoms with Crippen LogP contribution in [0.5, 0.6) is 0 Å². The normalized spacial score (nSPS) is 12.3. The van der Waals surface area contributed by atoms with Gasteiger partial charge in [0.1, 0.15) is 0 Å². The van der Waals surface area contributed by atoms with Gasteiger partial charge in [0, 0.05) is 0 Å². The summed E-state index contributed by atoms with van der Waals surface area (Å²) in [7, 11) is 0. The lowest BCUT2D eigenvalue weighted by Crippen LogP contribution is -2.02. The standard InChI is InChI=1S/C8H14O/c1-5-8(6(2)3)7(4)9/h5-6H,1-4H3/b8-5-. The van der Waals surface area contributed by atoms with Gasteiger partial charge in [-0.2, -0.15) is 0 Å². The molecule has 1 nitrogen and oxygen atoms in total. The Balaban J connectivity index is 4.19. The third kappa shape index (κ3) is 2.45. The van der Waals surface area contributed by atoms with Crippen LogP contribution >= 0.6 is 0 Å². The summed E-state index contributed by atoms with van der Waals surface area (Å²) in [6, 6.07) is 0. The lowest BCUT2D eigenvalue weighted by atomic mass is 10.0. The minimum absolute atomic E-state index is 0.188. The molecular formula is C8H14O. The number of hydrogen-bond acceptors (Lipinski definition) is 1. The van der Waals surface area contributed by atoms with Crippen molar-refractivity contribution in [2.24, 2.45) is 5.92 Å².